The molecule has 1 saturated heterocycles. The van der Waals surface area contributed by atoms with Gasteiger partial charge < -0.3 is 4.90 Å². The molecule has 1 saturated carbocycles. The van der Waals surface area contributed by atoms with E-state index in [0.717, 1.165) is 24.7 Å². The zero-order valence-electron chi connectivity index (χ0n) is 12.2. The number of aromatic nitrogens is 2. The molecule has 1 aliphatic carbocycles. The summed E-state index contributed by atoms with van der Waals surface area (Å²) in [4.78, 5) is 11.1. The number of piperidine rings is 1. The Labute approximate surface area is 120 Å². The van der Waals surface area contributed by atoms with Crippen LogP contribution in [0.5, 0.6) is 0 Å². The molecule has 0 aromatic carbocycles. The fourth-order valence-corrected chi connectivity index (χ4v) is 3.73. The maximum Gasteiger partial charge on any atom is 0.226 e. The van der Waals surface area contributed by atoms with E-state index in [1.165, 1.54) is 44.9 Å². The Morgan fingerprint density at radius 2 is 1.80 bits per heavy atom. The third-order valence-corrected chi connectivity index (χ3v) is 4.98. The largest absolute Gasteiger partial charge is 0.341 e. The highest BCUT2D eigenvalue weighted by Gasteiger charge is 2.36. The normalized spacial score (nSPS) is 21.7. The predicted molar refractivity (Wildman–Crippen MR) is 78.4 cm³/mol. The average Bonchev–Trinajstić information content (AvgIpc) is 2.48. The lowest BCUT2D eigenvalue weighted by Gasteiger charge is -2.44. The van der Waals surface area contributed by atoms with E-state index in [9.17, 15) is 0 Å². The number of aryl methyl sites for hydroxylation is 1. The fourth-order valence-electron chi connectivity index (χ4n) is 3.73. The van der Waals surface area contributed by atoms with Crippen LogP contribution in [0.25, 0.3) is 0 Å². The first-order valence-corrected chi connectivity index (χ1v) is 7.72. The zero-order valence-corrected chi connectivity index (χ0v) is 12.2. The molecule has 1 spiro atoms. The van der Waals surface area contributed by atoms with E-state index in [1.54, 1.807) is 6.07 Å². The monoisotopic (exact) mass is 270 g/mol. The topological polar surface area (TPSA) is 52.8 Å². The van der Waals surface area contributed by atoms with Gasteiger partial charge in [-0.25, -0.2) is 9.97 Å². The molecule has 2 fully saturated rings. The molecule has 0 atom stereocenters. The van der Waals surface area contributed by atoms with Crippen LogP contribution in [0.1, 0.15) is 56.3 Å². The highest BCUT2D eigenvalue weighted by atomic mass is 15.3. The standard InChI is InChI=1S/C16H22N4/c1-13-11-14(12-17)19-15(18-13)20-9-7-16(8-10-20)5-3-2-4-6-16/h11H,2-10H2,1H3. The third kappa shape index (κ3) is 2.63. The van der Waals surface area contributed by atoms with Gasteiger partial charge in [-0.2, -0.15) is 5.26 Å². The Morgan fingerprint density at radius 1 is 1.10 bits per heavy atom. The number of anilines is 1. The Hall–Kier alpha value is -1.63. The second-order valence-corrected chi connectivity index (χ2v) is 6.35. The minimum absolute atomic E-state index is 0.477. The van der Waals surface area contributed by atoms with Crippen molar-refractivity contribution in [2.45, 2.75) is 51.9 Å². The van der Waals surface area contributed by atoms with Gasteiger partial charge in [0.05, 0.1) is 0 Å². The molecule has 106 valence electrons. The molecular formula is C16H22N4. The summed E-state index contributed by atoms with van der Waals surface area (Å²) >= 11 is 0. The molecule has 0 bridgehead atoms. The van der Waals surface area contributed by atoms with Crippen LogP contribution in [-0.2, 0) is 0 Å². The van der Waals surface area contributed by atoms with Gasteiger partial charge in [0.15, 0.2) is 0 Å². The van der Waals surface area contributed by atoms with Crippen molar-refractivity contribution in [2.75, 3.05) is 18.0 Å². The van der Waals surface area contributed by atoms with Crippen molar-refractivity contribution in [3.63, 3.8) is 0 Å². The average molecular weight is 270 g/mol. The second kappa shape index (κ2) is 5.40. The summed E-state index contributed by atoms with van der Waals surface area (Å²) in [6, 6.07) is 3.87. The molecule has 4 nitrogen and oxygen atoms in total. The third-order valence-electron chi connectivity index (χ3n) is 4.98. The van der Waals surface area contributed by atoms with E-state index in [1.807, 2.05) is 6.92 Å². The van der Waals surface area contributed by atoms with Crippen molar-refractivity contribution in [1.29, 1.82) is 5.26 Å². The molecule has 4 heteroatoms. The van der Waals surface area contributed by atoms with Crippen LogP contribution in [0, 0.1) is 23.7 Å². The zero-order chi connectivity index (χ0) is 14.0. The lowest BCUT2D eigenvalue weighted by molar-refractivity contribution is 0.144. The van der Waals surface area contributed by atoms with Crippen LogP contribution >= 0.6 is 0 Å². The number of rotatable bonds is 1. The Balaban J connectivity index is 1.72. The van der Waals surface area contributed by atoms with E-state index in [-0.39, 0.29) is 0 Å². The Bertz CT molecular complexity index is 516. The van der Waals surface area contributed by atoms with E-state index < -0.39 is 0 Å². The van der Waals surface area contributed by atoms with Gasteiger partial charge >= 0.3 is 0 Å². The second-order valence-electron chi connectivity index (χ2n) is 6.35. The van der Waals surface area contributed by atoms with Gasteiger partial charge in [0.25, 0.3) is 0 Å². The number of hydrogen-bond acceptors (Lipinski definition) is 4. The summed E-state index contributed by atoms with van der Waals surface area (Å²) in [5.41, 5.74) is 1.95. The van der Waals surface area contributed by atoms with Crippen molar-refractivity contribution in [3.8, 4) is 6.07 Å². The summed E-state index contributed by atoms with van der Waals surface area (Å²) in [7, 11) is 0. The van der Waals surface area contributed by atoms with E-state index >= 15 is 0 Å². The molecule has 2 aliphatic rings. The van der Waals surface area contributed by atoms with Crippen LogP contribution in [0.15, 0.2) is 6.07 Å². The smallest absolute Gasteiger partial charge is 0.226 e. The summed E-state index contributed by atoms with van der Waals surface area (Å²) in [5, 5.41) is 9.02. The van der Waals surface area contributed by atoms with Gasteiger partial charge in [0.2, 0.25) is 5.95 Å². The minimum Gasteiger partial charge on any atom is -0.341 e. The predicted octanol–water partition coefficient (Wildman–Crippen LogP) is 3.21. The number of hydrogen-bond donors (Lipinski definition) is 0. The summed E-state index contributed by atoms with van der Waals surface area (Å²) in [6.07, 6.45) is 9.54. The van der Waals surface area contributed by atoms with Crippen molar-refractivity contribution in [2.24, 2.45) is 5.41 Å². The Morgan fingerprint density at radius 3 is 2.45 bits per heavy atom. The maximum atomic E-state index is 9.02. The quantitative estimate of drug-likeness (QED) is 0.786. The van der Waals surface area contributed by atoms with Crippen LogP contribution in [0.3, 0.4) is 0 Å². The molecule has 20 heavy (non-hydrogen) atoms. The molecule has 0 amide bonds. The molecular weight excluding hydrogens is 248 g/mol. The van der Waals surface area contributed by atoms with Crippen LogP contribution in [0.4, 0.5) is 5.95 Å². The lowest BCUT2D eigenvalue weighted by atomic mass is 9.68. The summed E-state index contributed by atoms with van der Waals surface area (Å²) in [5.74, 6) is 0.743. The Kier molecular flexibility index (Phi) is 3.60. The van der Waals surface area contributed by atoms with Crippen LogP contribution < -0.4 is 4.90 Å². The molecule has 1 aromatic rings. The maximum absolute atomic E-state index is 9.02. The van der Waals surface area contributed by atoms with Gasteiger partial charge in [-0.3, -0.25) is 0 Å². The molecule has 1 aliphatic heterocycles. The summed E-state index contributed by atoms with van der Waals surface area (Å²) < 4.78 is 0. The van der Waals surface area contributed by atoms with Crippen molar-refractivity contribution < 1.29 is 0 Å². The first kappa shape index (κ1) is 13.4. The fraction of sp³-hybridized carbons (Fsp3) is 0.688. The molecule has 1 aromatic heterocycles. The summed E-state index contributed by atoms with van der Waals surface area (Å²) in [6.45, 7) is 4.00. The van der Waals surface area contributed by atoms with E-state index in [0.29, 0.717) is 11.1 Å². The highest BCUT2D eigenvalue weighted by Crippen LogP contribution is 2.44. The van der Waals surface area contributed by atoms with Crippen LogP contribution in [-0.4, -0.2) is 23.1 Å². The minimum atomic E-state index is 0.477. The first-order valence-electron chi connectivity index (χ1n) is 7.72. The van der Waals surface area contributed by atoms with Gasteiger partial charge in [-0.15, -0.1) is 0 Å². The van der Waals surface area contributed by atoms with Crippen molar-refractivity contribution >= 4 is 5.95 Å². The first-order chi connectivity index (χ1) is 9.71. The molecule has 0 N–H and O–H groups in total. The van der Waals surface area contributed by atoms with Crippen LogP contribution in [0.2, 0.25) is 0 Å². The molecule has 3 rings (SSSR count). The SMILES string of the molecule is Cc1cc(C#N)nc(N2CCC3(CCCCC3)CC2)n1. The number of nitrogens with zero attached hydrogens (tertiary/aromatic N) is 4. The highest BCUT2D eigenvalue weighted by molar-refractivity contribution is 5.36. The van der Waals surface area contributed by atoms with E-state index in [4.69, 9.17) is 5.26 Å². The number of nitriles is 1. The molecule has 0 radical (unpaired) electrons. The van der Waals surface area contributed by atoms with Crippen molar-refractivity contribution in [1.82, 2.24) is 9.97 Å². The van der Waals surface area contributed by atoms with Gasteiger partial charge in [-0.05, 0) is 44.1 Å². The van der Waals surface area contributed by atoms with Crippen molar-refractivity contribution in [3.05, 3.63) is 17.5 Å². The van der Waals surface area contributed by atoms with Gasteiger partial charge in [0, 0.05) is 18.8 Å². The molecule has 0 unspecified atom stereocenters. The van der Waals surface area contributed by atoms with Gasteiger partial charge in [0.1, 0.15) is 11.8 Å². The molecule has 2 heterocycles. The van der Waals surface area contributed by atoms with E-state index in [2.05, 4.69) is 20.9 Å². The lowest BCUT2D eigenvalue weighted by Crippen LogP contribution is -2.41. The van der Waals surface area contributed by atoms with Gasteiger partial charge in [-0.1, -0.05) is 19.3 Å².